The predicted octanol–water partition coefficient (Wildman–Crippen LogP) is 3.27. The van der Waals surface area contributed by atoms with Crippen molar-refractivity contribution >= 4 is 16.9 Å². The summed E-state index contributed by atoms with van der Waals surface area (Å²) in [7, 11) is 0. The van der Waals surface area contributed by atoms with E-state index in [1.165, 1.54) is 0 Å². The quantitative estimate of drug-likeness (QED) is 0.767. The monoisotopic (exact) mass is 366 g/mol. The second-order valence-electron chi connectivity index (χ2n) is 6.92. The van der Waals surface area contributed by atoms with Crippen molar-refractivity contribution in [1.29, 1.82) is 0 Å². The number of carbonyl (C=O) groups is 1. The Hall–Kier alpha value is -3.09. The number of amides is 1. The zero-order chi connectivity index (χ0) is 19.0. The summed E-state index contributed by atoms with van der Waals surface area (Å²) < 4.78 is 13.0. The minimum atomic E-state index is -0.178. The van der Waals surface area contributed by atoms with E-state index >= 15 is 0 Å². The molecule has 3 aromatic rings. The number of nitrogens with zero attached hydrogens (tertiary/aromatic N) is 3. The van der Waals surface area contributed by atoms with Crippen LogP contribution in [0.2, 0.25) is 0 Å². The number of hydrogen-bond donors (Lipinski definition) is 1. The molecule has 1 aromatic carbocycles. The van der Waals surface area contributed by atoms with Gasteiger partial charge in [-0.25, -0.2) is 9.67 Å². The van der Waals surface area contributed by atoms with Gasteiger partial charge >= 0.3 is 0 Å². The molecular formula is C20H22N4O3. The van der Waals surface area contributed by atoms with Gasteiger partial charge in [-0.2, -0.15) is 5.10 Å². The first-order valence-electron chi connectivity index (χ1n) is 9.06. The third-order valence-corrected chi connectivity index (χ3v) is 4.60. The first-order valence-corrected chi connectivity index (χ1v) is 9.06. The third kappa shape index (κ3) is 3.32. The number of nitrogens with one attached hydrogen (secondary N) is 1. The second kappa shape index (κ2) is 6.90. The Kier molecular flexibility index (Phi) is 4.43. The molecular weight excluding hydrogens is 344 g/mol. The van der Waals surface area contributed by atoms with Crippen molar-refractivity contribution in [2.45, 2.75) is 32.9 Å². The number of rotatable bonds is 4. The van der Waals surface area contributed by atoms with Gasteiger partial charge in [0.2, 0.25) is 0 Å². The van der Waals surface area contributed by atoms with E-state index in [0.29, 0.717) is 24.5 Å². The average Bonchev–Trinajstić information content (AvgIpc) is 3.11. The van der Waals surface area contributed by atoms with Crippen LogP contribution >= 0.6 is 0 Å². The fourth-order valence-electron chi connectivity index (χ4n) is 3.13. The molecule has 0 aliphatic carbocycles. The highest BCUT2D eigenvalue weighted by atomic mass is 16.6. The molecule has 7 heteroatoms. The molecule has 0 spiro atoms. The highest BCUT2D eigenvalue weighted by molar-refractivity contribution is 5.97. The summed E-state index contributed by atoms with van der Waals surface area (Å²) in [6, 6.07) is 7.58. The van der Waals surface area contributed by atoms with Gasteiger partial charge in [0, 0.05) is 17.6 Å². The number of hydrogen-bond acceptors (Lipinski definition) is 5. The van der Waals surface area contributed by atoms with Crippen LogP contribution in [0.1, 0.15) is 48.8 Å². The van der Waals surface area contributed by atoms with Crippen LogP contribution in [0, 0.1) is 0 Å². The Bertz CT molecular complexity index is 996. The maximum atomic E-state index is 12.7. The molecule has 27 heavy (non-hydrogen) atoms. The Morgan fingerprint density at radius 3 is 2.67 bits per heavy atom. The first kappa shape index (κ1) is 17.3. The maximum Gasteiger partial charge on any atom is 0.253 e. The standard InChI is InChI=1S/C20H22N4O3/c1-12(2)24-19-15(11-22-24)8-16(10-21-19)20(25)23-13(3)14-4-5-17-18(9-14)27-7-6-26-17/h4-5,8-13H,6-7H2,1-3H3,(H,23,25). The van der Waals surface area contributed by atoms with Crippen LogP contribution in [0.3, 0.4) is 0 Å². The lowest BCUT2D eigenvalue weighted by Crippen LogP contribution is -2.27. The van der Waals surface area contributed by atoms with E-state index < -0.39 is 0 Å². The van der Waals surface area contributed by atoms with Crippen molar-refractivity contribution in [3.8, 4) is 11.5 Å². The van der Waals surface area contributed by atoms with E-state index in [9.17, 15) is 4.79 Å². The van der Waals surface area contributed by atoms with E-state index in [4.69, 9.17) is 9.47 Å². The van der Waals surface area contributed by atoms with Gasteiger partial charge in [-0.15, -0.1) is 0 Å². The van der Waals surface area contributed by atoms with Gasteiger partial charge in [-0.3, -0.25) is 4.79 Å². The molecule has 0 saturated carbocycles. The summed E-state index contributed by atoms with van der Waals surface area (Å²) in [5.74, 6) is 1.27. The zero-order valence-electron chi connectivity index (χ0n) is 15.6. The Morgan fingerprint density at radius 1 is 1.11 bits per heavy atom. The highest BCUT2D eigenvalue weighted by Crippen LogP contribution is 2.32. The fraction of sp³-hybridized carbons (Fsp3) is 0.350. The lowest BCUT2D eigenvalue weighted by atomic mass is 10.1. The normalized spacial score (nSPS) is 14.4. The lowest BCUT2D eigenvalue weighted by Gasteiger charge is -2.21. The first-order chi connectivity index (χ1) is 13.0. The highest BCUT2D eigenvalue weighted by Gasteiger charge is 2.17. The molecule has 1 aliphatic rings. The van der Waals surface area contributed by atoms with Crippen molar-refractivity contribution in [2.75, 3.05) is 13.2 Å². The van der Waals surface area contributed by atoms with E-state index in [2.05, 4.69) is 15.4 Å². The third-order valence-electron chi connectivity index (χ3n) is 4.60. The molecule has 0 bridgehead atoms. The Labute approximate surface area is 157 Å². The molecule has 0 radical (unpaired) electrons. The zero-order valence-corrected chi connectivity index (χ0v) is 15.6. The summed E-state index contributed by atoms with van der Waals surface area (Å²) in [5, 5.41) is 8.20. The molecule has 0 fully saturated rings. The van der Waals surface area contributed by atoms with Gasteiger partial charge in [0.05, 0.1) is 17.8 Å². The lowest BCUT2D eigenvalue weighted by molar-refractivity contribution is 0.0939. The van der Waals surface area contributed by atoms with Crippen LogP contribution in [0.4, 0.5) is 0 Å². The summed E-state index contributed by atoms with van der Waals surface area (Å²) >= 11 is 0. The minimum absolute atomic E-state index is 0.177. The summed E-state index contributed by atoms with van der Waals surface area (Å²) in [5.41, 5.74) is 2.24. The van der Waals surface area contributed by atoms with Gasteiger partial charge in [0.15, 0.2) is 17.1 Å². The summed E-state index contributed by atoms with van der Waals surface area (Å²) in [6.07, 6.45) is 3.33. The number of benzene rings is 1. The molecule has 1 aliphatic heterocycles. The van der Waals surface area contributed by atoms with Crippen molar-refractivity contribution in [2.24, 2.45) is 0 Å². The number of aromatic nitrogens is 3. The van der Waals surface area contributed by atoms with E-state index in [1.807, 2.05) is 49.7 Å². The average molecular weight is 366 g/mol. The van der Waals surface area contributed by atoms with Crippen LogP contribution in [-0.2, 0) is 0 Å². The van der Waals surface area contributed by atoms with Gasteiger partial charge in [0.25, 0.3) is 5.91 Å². The number of carbonyl (C=O) groups excluding carboxylic acids is 1. The topological polar surface area (TPSA) is 78.3 Å². The minimum Gasteiger partial charge on any atom is -0.486 e. The van der Waals surface area contributed by atoms with Crippen molar-refractivity contribution in [3.63, 3.8) is 0 Å². The van der Waals surface area contributed by atoms with Crippen LogP contribution in [0.15, 0.2) is 36.7 Å². The second-order valence-corrected chi connectivity index (χ2v) is 6.92. The Balaban J connectivity index is 1.52. The summed E-state index contributed by atoms with van der Waals surface area (Å²) in [4.78, 5) is 17.1. The SMILES string of the molecule is CC(NC(=O)c1cnc2c(cnn2C(C)C)c1)c1ccc2c(c1)OCCO2. The number of pyridine rings is 1. The molecule has 1 amide bonds. The predicted molar refractivity (Wildman–Crippen MR) is 101 cm³/mol. The van der Waals surface area contributed by atoms with Crippen LogP contribution in [-0.4, -0.2) is 33.9 Å². The van der Waals surface area contributed by atoms with Gasteiger partial charge in [0.1, 0.15) is 13.2 Å². The van der Waals surface area contributed by atoms with Crippen molar-refractivity contribution in [3.05, 3.63) is 47.8 Å². The van der Waals surface area contributed by atoms with Crippen molar-refractivity contribution < 1.29 is 14.3 Å². The molecule has 1 unspecified atom stereocenters. The van der Waals surface area contributed by atoms with E-state index in [0.717, 1.165) is 22.3 Å². The van der Waals surface area contributed by atoms with Crippen LogP contribution < -0.4 is 14.8 Å². The summed E-state index contributed by atoms with van der Waals surface area (Å²) in [6.45, 7) is 7.12. The number of ether oxygens (including phenoxy) is 2. The van der Waals surface area contributed by atoms with Crippen LogP contribution in [0.5, 0.6) is 11.5 Å². The molecule has 3 heterocycles. The Morgan fingerprint density at radius 2 is 1.89 bits per heavy atom. The van der Waals surface area contributed by atoms with Gasteiger partial charge in [-0.05, 0) is 44.5 Å². The van der Waals surface area contributed by atoms with Gasteiger partial charge < -0.3 is 14.8 Å². The molecule has 7 nitrogen and oxygen atoms in total. The molecule has 1 N–H and O–H groups in total. The largest absolute Gasteiger partial charge is 0.486 e. The van der Waals surface area contributed by atoms with Crippen LogP contribution in [0.25, 0.3) is 11.0 Å². The molecule has 4 rings (SSSR count). The van der Waals surface area contributed by atoms with E-state index in [1.54, 1.807) is 12.4 Å². The molecule has 0 saturated heterocycles. The number of fused-ring (bicyclic) bond motifs is 2. The molecule has 1 atom stereocenters. The fourth-order valence-corrected chi connectivity index (χ4v) is 3.13. The van der Waals surface area contributed by atoms with Gasteiger partial charge in [-0.1, -0.05) is 6.07 Å². The molecule has 2 aromatic heterocycles. The van der Waals surface area contributed by atoms with E-state index in [-0.39, 0.29) is 18.0 Å². The molecule has 140 valence electrons. The van der Waals surface area contributed by atoms with Crippen molar-refractivity contribution in [1.82, 2.24) is 20.1 Å². The maximum absolute atomic E-state index is 12.7. The smallest absolute Gasteiger partial charge is 0.253 e.